The van der Waals surface area contributed by atoms with Crippen LogP contribution in [-0.4, -0.2) is 53.6 Å². The van der Waals surface area contributed by atoms with Crippen LogP contribution in [0.2, 0.25) is 0 Å². The minimum Gasteiger partial charge on any atom is -0.502 e. The van der Waals surface area contributed by atoms with Crippen LogP contribution in [0.4, 0.5) is 0 Å². The first kappa shape index (κ1) is 24.9. The summed E-state index contributed by atoms with van der Waals surface area (Å²) in [5.74, 6) is 0.748. The van der Waals surface area contributed by atoms with Crippen molar-refractivity contribution in [2.45, 2.75) is 44.9 Å². The molecule has 1 unspecified atom stereocenters. The van der Waals surface area contributed by atoms with E-state index in [9.17, 15) is 14.6 Å². The molecule has 1 N–H and O–H groups in total. The van der Waals surface area contributed by atoms with Crippen molar-refractivity contribution in [3.8, 4) is 0 Å². The Morgan fingerprint density at radius 1 is 1.09 bits per heavy atom. The Balaban J connectivity index is 1.63. The zero-order valence-corrected chi connectivity index (χ0v) is 19.1. The van der Waals surface area contributed by atoms with Gasteiger partial charge in [-0.1, -0.05) is 66.7 Å². The molecule has 3 atom stereocenters. The second-order valence-corrected chi connectivity index (χ2v) is 8.72. The molecule has 0 heterocycles. The number of nitrogens with zero attached hydrogens (tertiary/aromatic N) is 1. The van der Waals surface area contributed by atoms with Gasteiger partial charge in [0, 0.05) is 6.92 Å². The molecule has 0 bridgehead atoms. The lowest BCUT2D eigenvalue weighted by Crippen LogP contribution is -2.58. The van der Waals surface area contributed by atoms with E-state index < -0.39 is 13.1 Å². The van der Waals surface area contributed by atoms with Gasteiger partial charge in [0.05, 0.1) is 12.6 Å². The molecule has 1 fully saturated rings. The molecular formula is C26H32BNO5. The van der Waals surface area contributed by atoms with Gasteiger partial charge in [-0.15, -0.1) is 7.05 Å². The first-order valence-electron chi connectivity index (χ1n) is 11.3. The summed E-state index contributed by atoms with van der Waals surface area (Å²) < 4.78 is 11.4. The van der Waals surface area contributed by atoms with Crippen LogP contribution in [0.15, 0.2) is 66.6 Å². The van der Waals surface area contributed by atoms with Gasteiger partial charge in [0.15, 0.2) is 12.3 Å². The molecule has 0 radical (unpaired) electrons. The fourth-order valence-corrected chi connectivity index (χ4v) is 4.46. The van der Waals surface area contributed by atoms with Gasteiger partial charge in [0.2, 0.25) is 0 Å². The van der Waals surface area contributed by atoms with E-state index in [1.165, 1.54) is 12.9 Å². The summed E-state index contributed by atoms with van der Waals surface area (Å²) in [6, 6.07) is 19.2. The normalized spacial score (nSPS) is 19.8. The Morgan fingerprint density at radius 2 is 1.76 bits per heavy atom. The maximum Gasteiger partial charge on any atom is 0.554 e. The van der Waals surface area contributed by atoms with E-state index >= 15 is 0 Å². The van der Waals surface area contributed by atoms with Crippen molar-refractivity contribution in [3.63, 3.8) is 0 Å². The number of ether oxygens (including phenoxy) is 1. The summed E-state index contributed by atoms with van der Waals surface area (Å²) in [4.78, 5) is 24.7. The van der Waals surface area contributed by atoms with Crippen molar-refractivity contribution in [2.24, 2.45) is 0 Å². The Morgan fingerprint density at radius 3 is 2.42 bits per heavy atom. The van der Waals surface area contributed by atoms with Crippen molar-refractivity contribution in [1.82, 2.24) is 0 Å². The van der Waals surface area contributed by atoms with Crippen LogP contribution in [0.1, 0.15) is 37.3 Å². The number of carbonyl (C=O) groups is 2. The third-order valence-electron chi connectivity index (χ3n) is 5.91. The van der Waals surface area contributed by atoms with Crippen LogP contribution in [0.5, 0.6) is 0 Å². The molecule has 2 aromatic rings. The highest BCUT2D eigenvalue weighted by Crippen LogP contribution is 2.32. The minimum absolute atomic E-state index is 0.0389. The number of Topliss-reactive ketones (excluding diaryl/α,β-unsaturated/α-hetero) is 1. The Hall–Kier alpha value is -2.74. The van der Waals surface area contributed by atoms with Crippen molar-refractivity contribution < 1.29 is 28.5 Å². The zero-order chi connectivity index (χ0) is 23.7. The van der Waals surface area contributed by atoms with E-state index in [-0.39, 0.29) is 35.5 Å². The van der Waals surface area contributed by atoms with Gasteiger partial charge in [-0.05, 0) is 36.4 Å². The fourth-order valence-electron chi connectivity index (χ4n) is 4.46. The zero-order valence-electron chi connectivity index (χ0n) is 19.1. The number of ketones is 1. The van der Waals surface area contributed by atoms with Crippen LogP contribution in [-0.2, 0) is 25.6 Å². The van der Waals surface area contributed by atoms with Crippen LogP contribution in [0.25, 0.3) is 6.08 Å². The van der Waals surface area contributed by atoms with E-state index in [0.717, 1.165) is 30.4 Å². The molecule has 1 saturated carbocycles. The number of hydrogen-bond acceptors (Lipinski definition) is 5. The molecule has 0 saturated heterocycles. The van der Waals surface area contributed by atoms with Gasteiger partial charge in [-0.25, -0.2) is 4.79 Å². The van der Waals surface area contributed by atoms with E-state index in [1.54, 1.807) is 6.08 Å². The van der Waals surface area contributed by atoms with Crippen molar-refractivity contribution in [2.75, 3.05) is 13.1 Å². The molecule has 0 amide bonds. The SMILES string of the molecule is [CH2-][N+](CC(C)=O)(CC(=O)OB(O)/C=C/c1ccccc1)[C@@H]1CCC[C@H]1OCc1ccccc1. The molecule has 3 rings (SSSR count). The van der Waals surface area contributed by atoms with E-state index in [1.807, 2.05) is 60.7 Å². The molecule has 6 nitrogen and oxygen atoms in total. The highest BCUT2D eigenvalue weighted by molar-refractivity contribution is 6.52. The third-order valence-corrected chi connectivity index (χ3v) is 5.91. The summed E-state index contributed by atoms with van der Waals surface area (Å²) >= 11 is 0. The van der Waals surface area contributed by atoms with Gasteiger partial charge in [-0.3, -0.25) is 4.79 Å². The highest BCUT2D eigenvalue weighted by Gasteiger charge is 2.41. The van der Waals surface area contributed by atoms with Gasteiger partial charge in [-0.2, -0.15) is 0 Å². The summed E-state index contributed by atoms with van der Waals surface area (Å²) in [6.07, 6.45) is 4.17. The third kappa shape index (κ3) is 7.67. The fraction of sp³-hybridized carbons (Fsp3) is 0.346. The molecule has 174 valence electrons. The van der Waals surface area contributed by atoms with Gasteiger partial charge in [0.25, 0.3) is 0 Å². The first-order valence-corrected chi connectivity index (χ1v) is 11.3. The number of carbonyl (C=O) groups excluding carboxylic acids is 2. The second-order valence-electron chi connectivity index (χ2n) is 8.72. The van der Waals surface area contributed by atoms with E-state index in [0.29, 0.717) is 6.61 Å². The van der Waals surface area contributed by atoms with Crippen LogP contribution >= 0.6 is 0 Å². The summed E-state index contributed by atoms with van der Waals surface area (Å²) in [6.45, 7) is 1.94. The molecule has 2 aromatic carbocycles. The monoisotopic (exact) mass is 449 g/mol. The summed E-state index contributed by atoms with van der Waals surface area (Å²) in [5.41, 5.74) is 1.96. The summed E-state index contributed by atoms with van der Waals surface area (Å²) in [5, 5.41) is 10.1. The average Bonchev–Trinajstić information content (AvgIpc) is 3.27. The van der Waals surface area contributed by atoms with Gasteiger partial charge < -0.3 is 18.9 Å². The molecule has 0 spiro atoms. The lowest BCUT2D eigenvalue weighted by molar-refractivity contribution is -0.898. The second kappa shape index (κ2) is 11.9. The lowest BCUT2D eigenvalue weighted by atomic mass is 9.89. The topological polar surface area (TPSA) is 72.8 Å². The molecule has 33 heavy (non-hydrogen) atoms. The van der Waals surface area contributed by atoms with E-state index in [4.69, 9.17) is 9.39 Å². The van der Waals surface area contributed by atoms with E-state index in [2.05, 4.69) is 7.05 Å². The minimum atomic E-state index is -1.38. The van der Waals surface area contributed by atoms with Crippen LogP contribution in [0.3, 0.4) is 0 Å². The quantitative estimate of drug-likeness (QED) is 0.323. The number of benzene rings is 2. The first-order chi connectivity index (χ1) is 15.9. The maximum atomic E-state index is 12.7. The lowest BCUT2D eigenvalue weighted by Gasteiger charge is -2.48. The Bertz CT molecular complexity index is 936. The smallest absolute Gasteiger partial charge is 0.502 e. The Labute approximate surface area is 196 Å². The van der Waals surface area contributed by atoms with Crippen LogP contribution in [0, 0.1) is 7.05 Å². The van der Waals surface area contributed by atoms with Crippen molar-refractivity contribution in [1.29, 1.82) is 0 Å². The highest BCUT2D eigenvalue weighted by atomic mass is 16.6. The van der Waals surface area contributed by atoms with Crippen molar-refractivity contribution in [3.05, 3.63) is 84.8 Å². The maximum absolute atomic E-state index is 12.7. The molecule has 7 heteroatoms. The molecule has 1 aliphatic rings. The van der Waals surface area contributed by atoms with Gasteiger partial charge >= 0.3 is 13.1 Å². The van der Waals surface area contributed by atoms with Gasteiger partial charge in [0.1, 0.15) is 12.6 Å². The Kier molecular flexibility index (Phi) is 9.00. The van der Waals surface area contributed by atoms with Crippen molar-refractivity contribution >= 4 is 24.9 Å². The molecule has 0 aliphatic heterocycles. The molecule has 1 aliphatic carbocycles. The predicted molar refractivity (Wildman–Crippen MR) is 128 cm³/mol. The summed E-state index contributed by atoms with van der Waals surface area (Å²) in [7, 11) is 2.90. The number of quaternary nitrogens is 1. The predicted octanol–water partition coefficient (Wildman–Crippen LogP) is 3.60. The molecule has 0 aromatic heterocycles. The number of hydrogen-bond donors (Lipinski definition) is 1. The molecular weight excluding hydrogens is 417 g/mol. The average molecular weight is 449 g/mol. The standard InChI is InChI=1S/C26H32BNO5/c1-21(29)18-28(2,19-26(30)33-27(31)17-16-22-10-5-3-6-11-22)24-14-9-15-25(24)32-20-23-12-7-4-8-13-23/h3-8,10-13,16-17,24-25,31H,2,9,14-15,18-20H2,1H3/b17-16+/t24-,25-,28?/m1/s1. The van der Waals surface area contributed by atoms with Crippen LogP contribution < -0.4 is 0 Å². The number of rotatable bonds is 11. The largest absolute Gasteiger partial charge is 0.554 e.